The lowest BCUT2D eigenvalue weighted by atomic mass is 10.3. The normalized spacial score (nSPS) is 16.0. The second-order valence-corrected chi connectivity index (χ2v) is 5.35. The Morgan fingerprint density at radius 2 is 2.18 bits per heavy atom. The number of rotatable bonds is 3. The first-order valence-electron chi connectivity index (χ1n) is 5.83. The molecule has 2 heterocycles. The highest BCUT2D eigenvalue weighted by Crippen LogP contribution is 2.20. The number of piperazine rings is 1. The Bertz CT molecular complexity index is 379. The molecule has 1 aliphatic rings. The summed E-state index contributed by atoms with van der Waals surface area (Å²) in [6.07, 6.45) is 0. The molecule has 0 saturated carbocycles. The minimum Gasteiger partial charge on any atom is -0.352 e. The second-order valence-electron chi connectivity index (χ2n) is 4.14. The molecule has 94 valence electrons. The number of aromatic nitrogens is 1. The molecule has 17 heavy (non-hydrogen) atoms. The molecular weight excluding hydrogens is 236 g/mol. The summed E-state index contributed by atoms with van der Waals surface area (Å²) in [5, 5.41) is 7.17. The van der Waals surface area contributed by atoms with Gasteiger partial charge in [0, 0.05) is 31.1 Å². The summed E-state index contributed by atoms with van der Waals surface area (Å²) >= 11 is 1.60. The van der Waals surface area contributed by atoms with E-state index >= 15 is 0 Å². The first-order chi connectivity index (χ1) is 8.16. The van der Waals surface area contributed by atoms with Crippen molar-refractivity contribution in [2.75, 3.05) is 38.0 Å². The van der Waals surface area contributed by atoms with Crippen LogP contribution >= 0.6 is 11.3 Å². The number of carbonyl (C=O) groups excluding carboxylic acids is 1. The van der Waals surface area contributed by atoms with E-state index in [0.29, 0.717) is 6.54 Å². The lowest BCUT2D eigenvalue weighted by Crippen LogP contribution is -2.48. The summed E-state index contributed by atoms with van der Waals surface area (Å²) in [6, 6.07) is 0. The van der Waals surface area contributed by atoms with Crippen LogP contribution in [-0.4, -0.2) is 48.5 Å². The van der Waals surface area contributed by atoms with E-state index in [0.717, 1.165) is 37.0 Å². The van der Waals surface area contributed by atoms with Crippen LogP contribution in [0.25, 0.3) is 0 Å². The topological polar surface area (TPSA) is 57.3 Å². The van der Waals surface area contributed by atoms with Gasteiger partial charge in [0.05, 0.1) is 12.2 Å². The van der Waals surface area contributed by atoms with E-state index < -0.39 is 0 Å². The van der Waals surface area contributed by atoms with Crippen LogP contribution in [0.5, 0.6) is 0 Å². The fourth-order valence-electron chi connectivity index (χ4n) is 1.73. The van der Waals surface area contributed by atoms with Gasteiger partial charge >= 0.3 is 0 Å². The molecule has 0 aliphatic carbocycles. The molecule has 1 fully saturated rings. The molecule has 2 rings (SSSR count). The number of aryl methyl sites for hydroxylation is 2. The molecule has 0 aromatic carbocycles. The maximum Gasteiger partial charge on any atom is 0.242 e. The zero-order valence-electron chi connectivity index (χ0n) is 10.2. The van der Waals surface area contributed by atoms with Gasteiger partial charge in [0.15, 0.2) is 5.13 Å². The first kappa shape index (κ1) is 12.3. The van der Waals surface area contributed by atoms with Crippen LogP contribution in [0.2, 0.25) is 0 Å². The van der Waals surface area contributed by atoms with Crippen molar-refractivity contribution < 1.29 is 4.79 Å². The number of nitrogens with one attached hydrogen (secondary N) is 2. The van der Waals surface area contributed by atoms with Gasteiger partial charge < -0.3 is 15.5 Å². The van der Waals surface area contributed by atoms with Crippen molar-refractivity contribution in [1.29, 1.82) is 0 Å². The third kappa shape index (κ3) is 3.17. The smallest absolute Gasteiger partial charge is 0.242 e. The van der Waals surface area contributed by atoms with E-state index in [9.17, 15) is 4.79 Å². The van der Waals surface area contributed by atoms with Gasteiger partial charge in [0.2, 0.25) is 5.91 Å². The number of thiazole rings is 1. The molecule has 5 nitrogen and oxygen atoms in total. The molecule has 1 aromatic rings. The number of amides is 1. The molecule has 0 radical (unpaired) electrons. The van der Waals surface area contributed by atoms with Crippen molar-refractivity contribution in [1.82, 2.24) is 15.2 Å². The quantitative estimate of drug-likeness (QED) is 0.829. The number of anilines is 1. The minimum absolute atomic E-state index is 0.150. The number of nitrogens with zero attached hydrogens (tertiary/aromatic N) is 2. The second kappa shape index (κ2) is 5.46. The van der Waals surface area contributed by atoms with Gasteiger partial charge in [-0.1, -0.05) is 0 Å². The lowest BCUT2D eigenvalue weighted by molar-refractivity contribution is -0.129. The van der Waals surface area contributed by atoms with Gasteiger partial charge in [-0.3, -0.25) is 4.79 Å². The third-order valence-electron chi connectivity index (χ3n) is 2.89. The minimum atomic E-state index is 0.150. The van der Waals surface area contributed by atoms with Gasteiger partial charge in [-0.2, -0.15) is 0 Å². The van der Waals surface area contributed by atoms with Crippen LogP contribution in [0.3, 0.4) is 0 Å². The Morgan fingerprint density at radius 3 is 2.76 bits per heavy atom. The summed E-state index contributed by atoms with van der Waals surface area (Å²) in [5.74, 6) is 0.150. The van der Waals surface area contributed by atoms with Crippen LogP contribution in [0.1, 0.15) is 10.6 Å². The summed E-state index contributed by atoms with van der Waals surface area (Å²) in [4.78, 5) is 19.3. The van der Waals surface area contributed by atoms with E-state index in [4.69, 9.17) is 0 Å². The Labute approximate surface area is 105 Å². The fraction of sp³-hybridized carbons (Fsp3) is 0.636. The Kier molecular flexibility index (Phi) is 3.96. The van der Waals surface area contributed by atoms with Crippen molar-refractivity contribution in [3.05, 3.63) is 10.6 Å². The fourth-order valence-corrected chi connectivity index (χ4v) is 2.54. The molecule has 1 aromatic heterocycles. The average Bonchev–Trinajstić information content (AvgIpc) is 2.67. The highest BCUT2D eigenvalue weighted by molar-refractivity contribution is 7.15. The summed E-state index contributed by atoms with van der Waals surface area (Å²) < 4.78 is 0. The predicted molar refractivity (Wildman–Crippen MR) is 69.5 cm³/mol. The van der Waals surface area contributed by atoms with Crippen molar-refractivity contribution in [3.8, 4) is 0 Å². The van der Waals surface area contributed by atoms with Crippen LogP contribution in [-0.2, 0) is 4.79 Å². The number of hydrogen-bond acceptors (Lipinski definition) is 5. The van der Waals surface area contributed by atoms with Gasteiger partial charge in [0.25, 0.3) is 0 Å². The molecule has 2 N–H and O–H groups in total. The average molecular weight is 254 g/mol. The number of carbonyl (C=O) groups is 1. The lowest BCUT2D eigenvalue weighted by Gasteiger charge is -2.27. The molecular formula is C11H18N4OS. The molecule has 1 aliphatic heterocycles. The maximum atomic E-state index is 11.9. The molecule has 0 unspecified atom stereocenters. The van der Waals surface area contributed by atoms with Gasteiger partial charge in [-0.25, -0.2) is 4.98 Å². The molecule has 1 saturated heterocycles. The van der Waals surface area contributed by atoms with E-state index in [-0.39, 0.29) is 5.91 Å². The van der Waals surface area contributed by atoms with E-state index in [2.05, 4.69) is 15.6 Å². The largest absolute Gasteiger partial charge is 0.352 e. The first-order valence-corrected chi connectivity index (χ1v) is 6.65. The molecule has 0 atom stereocenters. The Morgan fingerprint density at radius 1 is 1.47 bits per heavy atom. The molecule has 6 heteroatoms. The molecule has 0 bridgehead atoms. The molecule has 0 spiro atoms. The number of hydrogen-bond donors (Lipinski definition) is 2. The summed E-state index contributed by atoms with van der Waals surface area (Å²) in [7, 11) is 0. The van der Waals surface area contributed by atoms with Crippen LogP contribution < -0.4 is 10.6 Å². The van der Waals surface area contributed by atoms with Crippen LogP contribution in [0, 0.1) is 13.8 Å². The summed E-state index contributed by atoms with van der Waals surface area (Å²) in [6.45, 7) is 7.74. The zero-order chi connectivity index (χ0) is 12.3. The standard InChI is InChI=1S/C11H18N4OS/c1-8-9(2)17-11(14-8)13-7-10(16)15-5-3-12-4-6-15/h12H,3-7H2,1-2H3,(H,13,14). The van der Waals surface area contributed by atoms with E-state index in [1.807, 2.05) is 18.7 Å². The van der Waals surface area contributed by atoms with Gasteiger partial charge in [-0.05, 0) is 13.8 Å². The Hall–Kier alpha value is -1.14. The van der Waals surface area contributed by atoms with Gasteiger partial charge in [0.1, 0.15) is 0 Å². The SMILES string of the molecule is Cc1nc(NCC(=O)N2CCNCC2)sc1C. The van der Waals surface area contributed by atoms with Crippen LogP contribution in [0.4, 0.5) is 5.13 Å². The predicted octanol–water partition coefficient (Wildman–Crippen LogP) is 0.604. The van der Waals surface area contributed by atoms with Crippen molar-refractivity contribution in [2.45, 2.75) is 13.8 Å². The van der Waals surface area contributed by atoms with E-state index in [1.54, 1.807) is 11.3 Å². The Balaban J connectivity index is 1.83. The zero-order valence-corrected chi connectivity index (χ0v) is 11.1. The highest BCUT2D eigenvalue weighted by atomic mass is 32.1. The van der Waals surface area contributed by atoms with Gasteiger partial charge in [-0.15, -0.1) is 11.3 Å². The van der Waals surface area contributed by atoms with Crippen molar-refractivity contribution >= 4 is 22.4 Å². The summed E-state index contributed by atoms with van der Waals surface area (Å²) in [5.41, 5.74) is 1.03. The molecule has 1 amide bonds. The van der Waals surface area contributed by atoms with Crippen LogP contribution in [0.15, 0.2) is 0 Å². The van der Waals surface area contributed by atoms with Crippen molar-refractivity contribution in [2.24, 2.45) is 0 Å². The monoisotopic (exact) mass is 254 g/mol. The van der Waals surface area contributed by atoms with E-state index in [1.165, 1.54) is 4.88 Å². The maximum absolute atomic E-state index is 11.9. The van der Waals surface area contributed by atoms with Crippen molar-refractivity contribution in [3.63, 3.8) is 0 Å². The third-order valence-corrected chi connectivity index (χ3v) is 3.92. The highest BCUT2D eigenvalue weighted by Gasteiger charge is 2.16.